The number of hydrogen-bond acceptors (Lipinski definition) is 2. The van der Waals surface area contributed by atoms with Crippen molar-refractivity contribution in [2.24, 2.45) is 0 Å². The van der Waals surface area contributed by atoms with Crippen LogP contribution in [0, 0.1) is 6.92 Å². The molecule has 0 spiro atoms. The molecule has 0 unspecified atom stereocenters. The van der Waals surface area contributed by atoms with E-state index >= 15 is 0 Å². The molecule has 1 aromatic carbocycles. The highest BCUT2D eigenvalue weighted by atomic mass is 35.5. The van der Waals surface area contributed by atoms with Crippen LogP contribution < -0.4 is 0 Å². The maximum atomic E-state index is 13.0. The van der Waals surface area contributed by atoms with Crippen LogP contribution in [-0.4, -0.2) is 23.8 Å². The fraction of sp³-hybridized carbons (Fsp3) is 0.333. The Bertz CT molecular complexity index is 830. The van der Waals surface area contributed by atoms with Crippen molar-refractivity contribution in [1.29, 1.82) is 0 Å². The van der Waals surface area contributed by atoms with Gasteiger partial charge in [-0.3, -0.25) is 0 Å². The average molecular weight is 359 g/mol. The van der Waals surface area contributed by atoms with E-state index in [0.29, 0.717) is 13.1 Å². The Kier molecular flexibility index (Phi) is 4.01. The lowest BCUT2D eigenvalue weighted by atomic mass is 10.2. The first-order valence-electron chi connectivity index (χ1n) is 6.96. The van der Waals surface area contributed by atoms with Crippen LogP contribution >= 0.6 is 23.2 Å². The Morgan fingerprint density at radius 3 is 2.59 bits per heavy atom. The van der Waals surface area contributed by atoms with E-state index in [1.807, 2.05) is 26.0 Å². The van der Waals surface area contributed by atoms with Crippen molar-refractivity contribution < 1.29 is 8.42 Å². The van der Waals surface area contributed by atoms with Crippen LogP contribution in [0.25, 0.3) is 0 Å². The average Bonchev–Trinajstić information content (AvgIpc) is 2.84. The molecule has 1 aliphatic heterocycles. The van der Waals surface area contributed by atoms with Crippen LogP contribution in [0.4, 0.5) is 0 Å². The molecule has 1 aromatic heterocycles. The predicted molar refractivity (Wildman–Crippen MR) is 87.9 cm³/mol. The van der Waals surface area contributed by atoms with Crippen molar-refractivity contribution in [2.45, 2.75) is 31.3 Å². The monoisotopic (exact) mass is 358 g/mol. The van der Waals surface area contributed by atoms with Gasteiger partial charge in [0, 0.05) is 24.5 Å². The molecule has 0 saturated heterocycles. The third kappa shape index (κ3) is 2.36. The highest BCUT2D eigenvalue weighted by Gasteiger charge is 2.35. The van der Waals surface area contributed by atoms with Gasteiger partial charge in [0.2, 0.25) is 10.0 Å². The van der Waals surface area contributed by atoms with E-state index in [2.05, 4.69) is 4.57 Å². The maximum absolute atomic E-state index is 13.0. The molecule has 0 radical (unpaired) electrons. The summed E-state index contributed by atoms with van der Waals surface area (Å²) in [6.45, 7) is 4.96. The summed E-state index contributed by atoms with van der Waals surface area (Å²) in [6.07, 6.45) is 0. The molecule has 0 amide bonds. The summed E-state index contributed by atoms with van der Waals surface area (Å²) in [6, 6.07) is 8.41. The summed E-state index contributed by atoms with van der Waals surface area (Å²) in [4.78, 5) is 0.0604. The second-order valence-corrected chi connectivity index (χ2v) is 8.04. The smallest absolute Gasteiger partial charge is 0.245 e. The van der Waals surface area contributed by atoms with Crippen LogP contribution in [0.5, 0.6) is 0 Å². The van der Waals surface area contributed by atoms with Crippen molar-refractivity contribution in [3.05, 3.63) is 51.8 Å². The lowest BCUT2D eigenvalue weighted by Gasteiger charge is -2.34. The van der Waals surface area contributed by atoms with Crippen molar-refractivity contribution >= 4 is 33.2 Å². The zero-order valence-corrected chi connectivity index (χ0v) is 14.6. The minimum Gasteiger partial charge on any atom is -0.346 e. The molecule has 22 heavy (non-hydrogen) atoms. The van der Waals surface area contributed by atoms with Crippen molar-refractivity contribution in [1.82, 2.24) is 8.87 Å². The number of hydrogen-bond donors (Lipinski definition) is 0. The molecular formula is C15H16Cl2N2O2S. The van der Waals surface area contributed by atoms with Gasteiger partial charge in [0.05, 0.1) is 16.1 Å². The minimum atomic E-state index is -3.69. The zero-order valence-electron chi connectivity index (χ0n) is 12.3. The van der Waals surface area contributed by atoms with E-state index in [-0.39, 0.29) is 21.0 Å². The van der Waals surface area contributed by atoms with Crippen LogP contribution in [0.1, 0.15) is 24.4 Å². The number of sulfonamides is 1. The number of nitrogens with zero attached hydrogens (tertiary/aromatic N) is 2. The van der Waals surface area contributed by atoms with E-state index in [1.54, 1.807) is 12.1 Å². The van der Waals surface area contributed by atoms with E-state index in [4.69, 9.17) is 23.2 Å². The van der Waals surface area contributed by atoms with Gasteiger partial charge in [0.1, 0.15) is 4.90 Å². The standard InChI is InChI=1S/C15H16Cl2N2O2S/c1-10-6-7-13-11(2)19(9-8-18(10)13)22(20,21)14-5-3-4-12(16)15(14)17/h3-7,11H,8-9H2,1-2H3/t11-/m1/s1. The molecular weight excluding hydrogens is 343 g/mol. The molecule has 2 heterocycles. The van der Waals surface area contributed by atoms with Crippen LogP contribution in [-0.2, 0) is 16.6 Å². The molecule has 0 N–H and O–H groups in total. The number of aromatic nitrogens is 1. The van der Waals surface area contributed by atoms with E-state index in [9.17, 15) is 8.42 Å². The van der Waals surface area contributed by atoms with Crippen LogP contribution in [0.3, 0.4) is 0 Å². The maximum Gasteiger partial charge on any atom is 0.245 e. The number of aryl methyl sites for hydroxylation is 1. The highest BCUT2D eigenvalue weighted by molar-refractivity contribution is 7.89. The summed E-state index contributed by atoms with van der Waals surface area (Å²) >= 11 is 12.1. The zero-order chi connectivity index (χ0) is 16.1. The number of benzene rings is 1. The van der Waals surface area contributed by atoms with Gasteiger partial charge >= 0.3 is 0 Å². The third-order valence-electron chi connectivity index (χ3n) is 4.14. The van der Waals surface area contributed by atoms with Crippen molar-refractivity contribution in [3.63, 3.8) is 0 Å². The van der Waals surface area contributed by atoms with E-state index < -0.39 is 10.0 Å². The highest BCUT2D eigenvalue weighted by Crippen LogP contribution is 2.36. The first-order valence-corrected chi connectivity index (χ1v) is 9.15. The quantitative estimate of drug-likeness (QED) is 0.817. The number of fused-ring (bicyclic) bond motifs is 1. The Labute approximate surface area is 140 Å². The van der Waals surface area contributed by atoms with Gasteiger partial charge in [-0.05, 0) is 38.1 Å². The Balaban J connectivity index is 2.06. The molecule has 0 fully saturated rings. The summed E-state index contributed by atoms with van der Waals surface area (Å²) in [5, 5.41) is 0.320. The number of rotatable bonds is 2. The predicted octanol–water partition coefficient (Wildman–Crippen LogP) is 3.87. The van der Waals surface area contributed by atoms with E-state index in [1.165, 1.54) is 10.4 Å². The first-order chi connectivity index (χ1) is 10.3. The van der Waals surface area contributed by atoms with Crippen molar-refractivity contribution in [2.75, 3.05) is 6.54 Å². The fourth-order valence-electron chi connectivity index (χ4n) is 2.94. The Morgan fingerprint density at radius 1 is 1.14 bits per heavy atom. The van der Waals surface area contributed by atoms with Crippen LogP contribution in [0.15, 0.2) is 35.2 Å². The van der Waals surface area contributed by atoms with Gasteiger partial charge in [0.25, 0.3) is 0 Å². The lowest BCUT2D eigenvalue weighted by Crippen LogP contribution is -2.41. The summed E-state index contributed by atoms with van der Waals surface area (Å²) in [7, 11) is -3.69. The van der Waals surface area contributed by atoms with Gasteiger partial charge in [-0.1, -0.05) is 29.3 Å². The third-order valence-corrected chi connectivity index (χ3v) is 7.08. The molecule has 118 valence electrons. The molecule has 2 aromatic rings. The fourth-order valence-corrected chi connectivity index (χ4v) is 5.27. The van der Waals surface area contributed by atoms with Gasteiger partial charge < -0.3 is 4.57 Å². The topological polar surface area (TPSA) is 42.3 Å². The molecule has 0 saturated carbocycles. The van der Waals surface area contributed by atoms with Gasteiger partial charge in [-0.2, -0.15) is 4.31 Å². The van der Waals surface area contributed by atoms with Crippen molar-refractivity contribution in [3.8, 4) is 0 Å². The Morgan fingerprint density at radius 2 is 1.86 bits per heavy atom. The summed E-state index contributed by atoms with van der Waals surface area (Å²) < 4.78 is 29.6. The van der Waals surface area contributed by atoms with Gasteiger partial charge in [0.15, 0.2) is 0 Å². The van der Waals surface area contributed by atoms with Crippen LogP contribution in [0.2, 0.25) is 10.0 Å². The molecule has 1 aliphatic rings. The molecule has 0 bridgehead atoms. The minimum absolute atomic E-state index is 0.0604. The second-order valence-electron chi connectivity index (χ2n) is 5.39. The molecule has 4 nitrogen and oxygen atoms in total. The second kappa shape index (κ2) is 5.57. The summed E-state index contributed by atoms with van der Waals surface area (Å²) in [5.41, 5.74) is 2.13. The number of halogens is 2. The van der Waals surface area contributed by atoms with E-state index in [0.717, 1.165) is 11.4 Å². The Hall–Kier alpha value is -1.01. The van der Waals surface area contributed by atoms with Gasteiger partial charge in [-0.25, -0.2) is 8.42 Å². The lowest BCUT2D eigenvalue weighted by molar-refractivity contribution is 0.280. The first kappa shape index (κ1) is 15.9. The SMILES string of the molecule is Cc1ccc2n1CCN(S(=O)(=O)c1cccc(Cl)c1Cl)[C@@H]2C. The van der Waals surface area contributed by atoms with Gasteiger partial charge in [-0.15, -0.1) is 0 Å². The normalized spacial score (nSPS) is 19.2. The molecule has 3 rings (SSSR count). The molecule has 0 aliphatic carbocycles. The summed E-state index contributed by atoms with van der Waals surface area (Å²) in [5.74, 6) is 0. The molecule has 1 atom stereocenters. The largest absolute Gasteiger partial charge is 0.346 e. The molecule has 7 heteroatoms.